The summed E-state index contributed by atoms with van der Waals surface area (Å²) < 4.78 is 19.8. The summed E-state index contributed by atoms with van der Waals surface area (Å²) in [6, 6.07) is 14.5. The first-order chi connectivity index (χ1) is 13.8. The second kappa shape index (κ2) is 14.0. The fraction of sp³-hybridized carbons (Fsp3) is 0.409. The minimum Gasteiger partial charge on any atom is -0.494 e. The van der Waals surface area contributed by atoms with Crippen molar-refractivity contribution in [3.8, 4) is 5.75 Å². The average Bonchev–Trinajstić information content (AvgIpc) is 3.15. The van der Waals surface area contributed by atoms with Crippen LogP contribution in [0.15, 0.2) is 48.5 Å². The number of para-hydroxylation sites is 1. The van der Waals surface area contributed by atoms with Crippen LogP contribution in [0.5, 0.6) is 5.75 Å². The SMILES string of the molecule is Br.Br.Fc1ccc(OCCCN2CCC(CNc3nc4ccccc4s3)CC2)cc1.O. The zero-order valence-corrected chi connectivity index (χ0v) is 21.5. The van der Waals surface area contributed by atoms with Gasteiger partial charge in [-0.05, 0) is 74.7 Å². The van der Waals surface area contributed by atoms with Crippen molar-refractivity contribution in [2.24, 2.45) is 5.92 Å². The maximum Gasteiger partial charge on any atom is 0.183 e. The largest absolute Gasteiger partial charge is 0.494 e. The summed E-state index contributed by atoms with van der Waals surface area (Å²) >= 11 is 1.73. The summed E-state index contributed by atoms with van der Waals surface area (Å²) in [5.41, 5.74) is 1.08. The Hall–Kier alpha value is -1.26. The number of fused-ring (bicyclic) bond motifs is 1. The number of hydrogen-bond acceptors (Lipinski definition) is 5. The molecule has 0 saturated carbocycles. The molecule has 172 valence electrons. The number of hydrogen-bond donors (Lipinski definition) is 1. The smallest absolute Gasteiger partial charge is 0.183 e. The molecule has 1 aliphatic heterocycles. The van der Waals surface area contributed by atoms with E-state index in [1.54, 1.807) is 23.5 Å². The third-order valence-corrected chi connectivity index (χ3v) is 6.24. The van der Waals surface area contributed by atoms with E-state index in [1.165, 1.54) is 29.7 Å². The lowest BCUT2D eigenvalue weighted by molar-refractivity contribution is 0.175. The second-order valence-electron chi connectivity index (χ2n) is 7.31. The molecular weight excluding hydrogens is 549 g/mol. The molecule has 3 aromatic rings. The zero-order chi connectivity index (χ0) is 19.2. The van der Waals surface area contributed by atoms with E-state index in [0.29, 0.717) is 12.5 Å². The number of nitrogens with zero attached hydrogens (tertiary/aromatic N) is 2. The van der Waals surface area contributed by atoms with Crippen molar-refractivity contribution in [3.63, 3.8) is 0 Å². The molecule has 5 nitrogen and oxygen atoms in total. The number of benzene rings is 2. The van der Waals surface area contributed by atoms with Crippen molar-refractivity contribution >= 4 is 60.6 Å². The summed E-state index contributed by atoms with van der Waals surface area (Å²) in [4.78, 5) is 7.17. The van der Waals surface area contributed by atoms with Gasteiger partial charge in [0, 0.05) is 13.1 Å². The van der Waals surface area contributed by atoms with E-state index in [2.05, 4.69) is 33.4 Å². The molecule has 31 heavy (non-hydrogen) atoms. The highest BCUT2D eigenvalue weighted by atomic mass is 79.9. The van der Waals surface area contributed by atoms with Gasteiger partial charge in [0.1, 0.15) is 11.6 Å². The highest BCUT2D eigenvalue weighted by molar-refractivity contribution is 8.93. The lowest BCUT2D eigenvalue weighted by Crippen LogP contribution is -2.36. The number of likely N-dealkylation sites (tertiary alicyclic amines) is 1. The summed E-state index contributed by atoms with van der Waals surface area (Å²) in [5, 5.41) is 4.56. The Bertz CT molecular complexity index is 857. The van der Waals surface area contributed by atoms with E-state index >= 15 is 0 Å². The normalized spacial score (nSPS) is 14.2. The third kappa shape index (κ3) is 8.31. The summed E-state index contributed by atoms with van der Waals surface area (Å²) in [6.07, 6.45) is 3.43. The molecule has 2 aromatic carbocycles. The molecule has 1 saturated heterocycles. The number of ether oxygens (including phenoxy) is 1. The van der Waals surface area contributed by atoms with Crippen LogP contribution in [0, 0.1) is 11.7 Å². The van der Waals surface area contributed by atoms with Crippen molar-refractivity contribution in [1.29, 1.82) is 0 Å². The first kappa shape index (κ1) is 27.8. The monoisotopic (exact) mass is 577 g/mol. The van der Waals surface area contributed by atoms with Crippen molar-refractivity contribution in [2.45, 2.75) is 19.3 Å². The van der Waals surface area contributed by atoms with Gasteiger partial charge in [-0.3, -0.25) is 0 Å². The molecule has 0 radical (unpaired) electrons. The second-order valence-corrected chi connectivity index (χ2v) is 8.34. The van der Waals surface area contributed by atoms with Crippen LogP contribution in [0.25, 0.3) is 10.2 Å². The van der Waals surface area contributed by atoms with Gasteiger partial charge >= 0.3 is 0 Å². The average molecular weight is 579 g/mol. The standard InChI is InChI=1S/C22H26FN3OS.2BrH.H2O/c23-18-6-8-19(9-7-18)27-15-3-12-26-13-10-17(11-14-26)16-24-22-25-20-4-1-2-5-21(20)28-22;;;/h1-2,4-9,17H,3,10-16H2,(H,24,25);2*1H;1H2. The molecule has 1 fully saturated rings. The highest BCUT2D eigenvalue weighted by Crippen LogP contribution is 2.26. The van der Waals surface area contributed by atoms with E-state index in [-0.39, 0.29) is 45.3 Å². The molecule has 0 unspecified atom stereocenters. The topological polar surface area (TPSA) is 68.9 Å². The quantitative estimate of drug-likeness (QED) is 0.365. The van der Waals surface area contributed by atoms with Gasteiger partial charge in [0.2, 0.25) is 0 Å². The van der Waals surface area contributed by atoms with Gasteiger partial charge in [0.05, 0.1) is 16.8 Å². The predicted octanol–water partition coefficient (Wildman–Crippen LogP) is 5.36. The van der Waals surface area contributed by atoms with E-state index in [9.17, 15) is 4.39 Å². The number of anilines is 1. The van der Waals surface area contributed by atoms with E-state index < -0.39 is 0 Å². The molecule has 1 aromatic heterocycles. The fourth-order valence-electron chi connectivity index (χ4n) is 3.60. The Morgan fingerprint density at radius 2 is 1.77 bits per heavy atom. The highest BCUT2D eigenvalue weighted by Gasteiger charge is 2.19. The molecule has 3 N–H and O–H groups in total. The number of thiazole rings is 1. The fourth-order valence-corrected chi connectivity index (χ4v) is 4.48. The molecule has 9 heteroatoms. The van der Waals surface area contributed by atoms with Gasteiger partial charge in [-0.2, -0.15) is 0 Å². The summed E-state index contributed by atoms with van der Waals surface area (Å²) in [7, 11) is 0. The first-order valence-electron chi connectivity index (χ1n) is 9.96. The summed E-state index contributed by atoms with van der Waals surface area (Å²) in [5.74, 6) is 1.22. The van der Waals surface area contributed by atoms with E-state index in [0.717, 1.165) is 49.0 Å². The molecule has 0 amide bonds. The van der Waals surface area contributed by atoms with Gasteiger partial charge in [-0.15, -0.1) is 34.0 Å². The van der Waals surface area contributed by atoms with Crippen molar-refractivity contribution in [2.75, 3.05) is 38.1 Å². The number of piperidine rings is 1. The van der Waals surface area contributed by atoms with Gasteiger partial charge < -0.3 is 20.4 Å². The van der Waals surface area contributed by atoms with Crippen molar-refractivity contribution in [3.05, 3.63) is 54.3 Å². The minimum absolute atomic E-state index is 0. The van der Waals surface area contributed by atoms with Gasteiger partial charge in [0.15, 0.2) is 5.13 Å². The Labute approximate surface area is 207 Å². The molecular formula is C22H30Br2FN3O2S. The Kier molecular flexibility index (Phi) is 12.5. The number of nitrogens with one attached hydrogen (secondary N) is 1. The van der Waals surface area contributed by atoms with Gasteiger partial charge in [-0.1, -0.05) is 23.5 Å². The molecule has 2 heterocycles. The van der Waals surface area contributed by atoms with Crippen LogP contribution in [0.1, 0.15) is 19.3 Å². The van der Waals surface area contributed by atoms with E-state index in [4.69, 9.17) is 4.74 Å². The van der Waals surface area contributed by atoms with Crippen LogP contribution in [0.2, 0.25) is 0 Å². The first-order valence-corrected chi connectivity index (χ1v) is 10.8. The van der Waals surface area contributed by atoms with Crippen LogP contribution in [0.3, 0.4) is 0 Å². The number of halogens is 3. The molecule has 0 atom stereocenters. The van der Waals surface area contributed by atoms with Crippen LogP contribution in [0.4, 0.5) is 9.52 Å². The Morgan fingerprint density at radius 3 is 2.48 bits per heavy atom. The lowest BCUT2D eigenvalue weighted by atomic mass is 9.97. The number of rotatable bonds is 8. The van der Waals surface area contributed by atoms with Gasteiger partial charge in [0.25, 0.3) is 0 Å². The lowest BCUT2D eigenvalue weighted by Gasteiger charge is -2.31. The maximum absolute atomic E-state index is 12.9. The van der Waals surface area contributed by atoms with Crippen molar-refractivity contribution in [1.82, 2.24) is 9.88 Å². The molecule has 0 bridgehead atoms. The minimum atomic E-state index is -0.229. The maximum atomic E-state index is 12.9. The Balaban J connectivity index is 0.00000160. The summed E-state index contributed by atoms with van der Waals surface area (Å²) in [6.45, 7) is 5.01. The van der Waals surface area contributed by atoms with Gasteiger partial charge in [-0.25, -0.2) is 9.37 Å². The van der Waals surface area contributed by atoms with Crippen molar-refractivity contribution < 1.29 is 14.6 Å². The van der Waals surface area contributed by atoms with Crippen LogP contribution in [-0.4, -0.2) is 48.1 Å². The number of aromatic nitrogens is 1. The zero-order valence-electron chi connectivity index (χ0n) is 17.3. The predicted molar refractivity (Wildman–Crippen MR) is 138 cm³/mol. The van der Waals surface area contributed by atoms with Crippen LogP contribution < -0.4 is 10.1 Å². The molecule has 0 spiro atoms. The van der Waals surface area contributed by atoms with Crippen LogP contribution in [-0.2, 0) is 0 Å². The van der Waals surface area contributed by atoms with Crippen LogP contribution >= 0.6 is 45.3 Å². The molecule has 1 aliphatic rings. The van der Waals surface area contributed by atoms with E-state index in [1.807, 2.05) is 6.07 Å². The third-order valence-electron chi connectivity index (χ3n) is 5.24. The molecule has 0 aliphatic carbocycles. The molecule has 4 rings (SSSR count). The Morgan fingerprint density at radius 1 is 1.06 bits per heavy atom.